The Labute approximate surface area is 133 Å². The summed E-state index contributed by atoms with van der Waals surface area (Å²) in [4.78, 5) is 0. The summed E-state index contributed by atoms with van der Waals surface area (Å²) in [6, 6.07) is 29.4. The van der Waals surface area contributed by atoms with Crippen molar-refractivity contribution in [3.8, 4) is 0 Å². The Hall–Kier alpha value is -2.23. The highest BCUT2D eigenvalue weighted by Gasteiger charge is 2.41. The van der Waals surface area contributed by atoms with Gasteiger partial charge in [0.05, 0.1) is 0 Å². The van der Waals surface area contributed by atoms with Crippen LogP contribution in [0.2, 0.25) is 0 Å². The maximum atomic E-state index is 12.8. The molecule has 0 aromatic heterocycles. The molecule has 3 rings (SSSR count). The smallest absolute Gasteiger partial charge is 0.135 e. The molecule has 0 bridgehead atoms. The zero-order valence-corrected chi connectivity index (χ0v) is 12.9. The molecule has 0 unspecified atom stereocenters. The van der Waals surface area contributed by atoms with E-state index in [1.165, 1.54) is 0 Å². The summed E-state index contributed by atoms with van der Waals surface area (Å²) in [5, 5.41) is 6.04. The van der Waals surface area contributed by atoms with Gasteiger partial charge in [0.2, 0.25) is 0 Å². The summed E-state index contributed by atoms with van der Waals surface area (Å²) >= 11 is 0. The lowest BCUT2D eigenvalue weighted by Gasteiger charge is -2.33. The van der Waals surface area contributed by atoms with Crippen LogP contribution in [0.4, 0.5) is 0 Å². The third-order valence-corrected chi connectivity index (χ3v) is 5.15. The molecule has 3 aromatic rings. The van der Waals surface area contributed by atoms with E-state index in [1.54, 1.807) is 0 Å². The summed E-state index contributed by atoms with van der Waals surface area (Å²) in [5.41, 5.74) is 2.77. The van der Waals surface area contributed by atoms with Gasteiger partial charge in [-0.2, -0.15) is 0 Å². The van der Waals surface area contributed by atoms with E-state index >= 15 is 0 Å². The second-order valence-electron chi connectivity index (χ2n) is 5.08. The van der Waals surface area contributed by atoms with E-state index in [0.29, 0.717) is 0 Å². The van der Waals surface area contributed by atoms with Gasteiger partial charge in [-0.3, -0.25) is 5.14 Å². The third kappa shape index (κ3) is 2.39. The zero-order chi connectivity index (χ0) is 15.4. The molecular weight excluding hydrogens is 290 g/mol. The average Bonchev–Trinajstić information content (AvgIpc) is 2.58. The molecule has 2 N–H and O–H groups in total. The SMILES string of the molecule is N[S@](=O)C(c1ccccc1)(c1ccccc1)c1ccccc1. The van der Waals surface area contributed by atoms with Crippen LogP contribution < -0.4 is 5.14 Å². The summed E-state index contributed by atoms with van der Waals surface area (Å²) < 4.78 is 11.9. The van der Waals surface area contributed by atoms with E-state index in [2.05, 4.69) is 0 Å². The van der Waals surface area contributed by atoms with Crippen molar-refractivity contribution in [2.45, 2.75) is 4.75 Å². The molecule has 2 nitrogen and oxygen atoms in total. The Balaban J connectivity index is 2.37. The van der Waals surface area contributed by atoms with Crippen LogP contribution >= 0.6 is 0 Å². The molecular formula is C19H17NOS. The van der Waals surface area contributed by atoms with Crippen molar-refractivity contribution in [1.82, 2.24) is 0 Å². The van der Waals surface area contributed by atoms with E-state index in [1.807, 2.05) is 91.0 Å². The van der Waals surface area contributed by atoms with Crippen molar-refractivity contribution < 1.29 is 4.21 Å². The van der Waals surface area contributed by atoms with Gasteiger partial charge in [-0.1, -0.05) is 91.0 Å². The van der Waals surface area contributed by atoms with Crippen molar-refractivity contribution in [3.63, 3.8) is 0 Å². The van der Waals surface area contributed by atoms with Gasteiger partial charge >= 0.3 is 0 Å². The fraction of sp³-hybridized carbons (Fsp3) is 0.0526. The van der Waals surface area contributed by atoms with Crippen LogP contribution in [-0.2, 0) is 15.7 Å². The first-order valence-electron chi connectivity index (χ1n) is 7.09. The Kier molecular flexibility index (Phi) is 4.18. The molecule has 0 fully saturated rings. The second-order valence-corrected chi connectivity index (χ2v) is 6.28. The highest BCUT2D eigenvalue weighted by Crippen LogP contribution is 2.40. The van der Waals surface area contributed by atoms with Crippen molar-refractivity contribution in [1.29, 1.82) is 0 Å². The number of hydrogen-bond acceptors (Lipinski definition) is 1. The Bertz CT molecular complexity index is 661. The van der Waals surface area contributed by atoms with Crippen LogP contribution in [0.1, 0.15) is 16.7 Å². The lowest BCUT2D eigenvalue weighted by Crippen LogP contribution is -2.38. The first-order chi connectivity index (χ1) is 10.8. The highest BCUT2D eigenvalue weighted by molar-refractivity contribution is 7.84. The van der Waals surface area contributed by atoms with Crippen LogP contribution in [-0.4, -0.2) is 4.21 Å². The zero-order valence-electron chi connectivity index (χ0n) is 12.1. The minimum absolute atomic E-state index is 0.871. The molecule has 0 aliphatic rings. The molecule has 0 amide bonds. The van der Waals surface area contributed by atoms with Gasteiger partial charge in [0.15, 0.2) is 0 Å². The number of rotatable bonds is 4. The quantitative estimate of drug-likeness (QED) is 0.735. The van der Waals surface area contributed by atoms with Gasteiger partial charge in [-0.25, -0.2) is 4.21 Å². The molecule has 0 heterocycles. The summed E-state index contributed by atoms with van der Waals surface area (Å²) in [6.07, 6.45) is 0. The van der Waals surface area contributed by atoms with Crippen molar-refractivity contribution >= 4 is 11.0 Å². The molecule has 1 atom stereocenters. The standard InChI is InChI=1S/C19H17NOS/c20-22(21)19(16-10-4-1-5-11-16,17-12-6-2-7-13-17)18-14-8-3-9-15-18/h1-15H,20H2/t22-/m1/s1. The molecule has 0 radical (unpaired) electrons. The minimum Gasteiger partial charge on any atom is -0.250 e. The van der Waals surface area contributed by atoms with Gasteiger partial charge in [0.25, 0.3) is 0 Å². The van der Waals surface area contributed by atoms with Crippen LogP contribution in [0.25, 0.3) is 0 Å². The number of hydrogen-bond donors (Lipinski definition) is 1. The van der Waals surface area contributed by atoms with E-state index in [-0.39, 0.29) is 0 Å². The number of benzene rings is 3. The molecule has 3 heteroatoms. The predicted molar refractivity (Wildman–Crippen MR) is 91.5 cm³/mol. The maximum Gasteiger partial charge on any atom is 0.135 e. The summed E-state index contributed by atoms with van der Waals surface area (Å²) in [5.74, 6) is 0. The van der Waals surface area contributed by atoms with E-state index in [4.69, 9.17) is 5.14 Å². The fourth-order valence-corrected chi connectivity index (χ4v) is 3.97. The fourth-order valence-electron chi connectivity index (χ4n) is 2.87. The third-order valence-electron chi connectivity index (χ3n) is 3.84. The second kappa shape index (κ2) is 6.26. The Morgan fingerprint density at radius 3 is 1.09 bits per heavy atom. The van der Waals surface area contributed by atoms with Gasteiger partial charge in [0, 0.05) is 0 Å². The van der Waals surface area contributed by atoms with Gasteiger partial charge in [-0.05, 0) is 16.7 Å². The van der Waals surface area contributed by atoms with E-state index in [9.17, 15) is 4.21 Å². The molecule has 0 saturated carbocycles. The Morgan fingerprint density at radius 2 is 0.864 bits per heavy atom. The lowest BCUT2D eigenvalue weighted by atomic mass is 9.84. The van der Waals surface area contributed by atoms with Crippen molar-refractivity contribution in [2.24, 2.45) is 5.14 Å². The topological polar surface area (TPSA) is 43.1 Å². The highest BCUT2D eigenvalue weighted by atomic mass is 32.2. The van der Waals surface area contributed by atoms with E-state index < -0.39 is 15.7 Å². The van der Waals surface area contributed by atoms with Crippen LogP contribution in [0.15, 0.2) is 91.0 Å². The maximum absolute atomic E-state index is 12.8. The lowest BCUT2D eigenvalue weighted by molar-refractivity contribution is 0.664. The summed E-state index contributed by atoms with van der Waals surface area (Å²) in [6.45, 7) is 0. The van der Waals surface area contributed by atoms with Crippen molar-refractivity contribution in [3.05, 3.63) is 108 Å². The average molecular weight is 307 g/mol. The number of nitrogens with two attached hydrogens (primary N) is 1. The van der Waals surface area contributed by atoms with Crippen molar-refractivity contribution in [2.75, 3.05) is 0 Å². The van der Waals surface area contributed by atoms with Gasteiger partial charge in [0.1, 0.15) is 15.7 Å². The van der Waals surface area contributed by atoms with Gasteiger partial charge in [-0.15, -0.1) is 0 Å². The monoisotopic (exact) mass is 307 g/mol. The minimum atomic E-state index is -1.61. The molecule has 0 spiro atoms. The Morgan fingerprint density at radius 1 is 0.591 bits per heavy atom. The van der Waals surface area contributed by atoms with Crippen LogP contribution in [0.3, 0.4) is 0 Å². The first-order valence-corrected chi connectivity index (χ1v) is 8.30. The first kappa shape index (κ1) is 14.7. The normalized spacial score (nSPS) is 12.8. The molecule has 0 aliphatic carbocycles. The molecule has 110 valence electrons. The largest absolute Gasteiger partial charge is 0.250 e. The van der Waals surface area contributed by atoms with Crippen LogP contribution in [0.5, 0.6) is 0 Å². The van der Waals surface area contributed by atoms with E-state index in [0.717, 1.165) is 16.7 Å². The van der Waals surface area contributed by atoms with Crippen LogP contribution in [0, 0.1) is 0 Å². The summed E-state index contributed by atoms with van der Waals surface area (Å²) in [7, 11) is -1.61. The predicted octanol–water partition coefficient (Wildman–Crippen LogP) is 3.60. The molecule has 0 aliphatic heterocycles. The van der Waals surface area contributed by atoms with Gasteiger partial charge < -0.3 is 0 Å². The molecule has 22 heavy (non-hydrogen) atoms. The molecule has 0 saturated heterocycles. The molecule has 3 aromatic carbocycles.